The van der Waals surface area contributed by atoms with Crippen molar-refractivity contribution < 1.29 is 14.6 Å². The van der Waals surface area contributed by atoms with Gasteiger partial charge in [-0.15, -0.1) is 0 Å². The van der Waals surface area contributed by atoms with Gasteiger partial charge in [-0.25, -0.2) is 0 Å². The largest absolute Gasteiger partial charge is 0.493 e. The van der Waals surface area contributed by atoms with Crippen LogP contribution in [0.5, 0.6) is 11.5 Å². The molecule has 0 heterocycles. The lowest BCUT2D eigenvalue weighted by molar-refractivity contribution is 0.213. The molecule has 0 aliphatic rings. The maximum absolute atomic E-state index is 10.5. The minimum Gasteiger partial charge on any atom is -0.493 e. The molecule has 0 amide bonds. The number of halogens is 1. The van der Waals surface area contributed by atoms with Crippen LogP contribution in [0, 0.1) is 6.92 Å². The van der Waals surface area contributed by atoms with Crippen molar-refractivity contribution in [3.05, 3.63) is 58.1 Å². The zero-order valence-electron chi connectivity index (χ0n) is 11.7. The molecule has 1 atom stereocenters. The molecule has 0 spiro atoms. The molecule has 1 unspecified atom stereocenters. The molecule has 0 aromatic heterocycles. The normalized spacial score (nSPS) is 12.1. The molecular weight excluding hydrogens is 276 g/mol. The van der Waals surface area contributed by atoms with E-state index in [1.54, 1.807) is 32.4 Å². The summed E-state index contributed by atoms with van der Waals surface area (Å²) >= 11 is 6.11. The highest BCUT2D eigenvalue weighted by Crippen LogP contribution is 2.37. The lowest BCUT2D eigenvalue weighted by Gasteiger charge is -2.17. The molecule has 2 aromatic carbocycles. The van der Waals surface area contributed by atoms with Crippen molar-refractivity contribution >= 4 is 11.6 Å². The van der Waals surface area contributed by atoms with Gasteiger partial charge in [0.2, 0.25) is 0 Å². The second kappa shape index (κ2) is 6.16. The Hall–Kier alpha value is -1.71. The minimum absolute atomic E-state index is 0.527. The first-order chi connectivity index (χ1) is 9.58. The molecule has 2 aromatic rings. The Bertz CT molecular complexity index is 611. The molecule has 4 heteroatoms. The third-order valence-electron chi connectivity index (χ3n) is 3.24. The van der Waals surface area contributed by atoms with Crippen LogP contribution in [0.1, 0.15) is 22.8 Å². The molecule has 0 radical (unpaired) electrons. The number of para-hydroxylation sites is 1. The van der Waals surface area contributed by atoms with Crippen LogP contribution in [0.2, 0.25) is 5.02 Å². The van der Waals surface area contributed by atoms with Gasteiger partial charge in [0.05, 0.1) is 14.2 Å². The van der Waals surface area contributed by atoms with Crippen LogP contribution in [-0.2, 0) is 0 Å². The monoisotopic (exact) mass is 292 g/mol. The minimum atomic E-state index is -0.821. The summed E-state index contributed by atoms with van der Waals surface area (Å²) in [4.78, 5) is 0. The number of aryl methyl sites for hydroxylation is 1. The van der Waals surface area contributed by atoms with Gasteiger partial charge in [-0.3, -0.25) is 0 Å². The number of rotatable bonds is 4. The number of aliphatic hydroxyl groups is 1. The Kier molecular flexibility index (Phi) is 4.53. The van der Waals surface area contributed by atoms with Crippen LogP contribution in [-0.4, -0.2) is 19.3 Å². The van der Waals surface area contributed by atoms with Gasteiger partial charge in [0.25, 0.3) is 0 Å². The van der Waals surface area contributed by atoms with Crippen LogP contribution in [0.25, 0.3) is 0 Å². The van der Waals surface area contributed by atoms with E-state index in [1.165, 1.54) is 0 Å². The fourth-order valence-corrected chi connectivity index (χ4v) is 2.28. The smallest absolute Gasteiger partial charge is 0.166 e. The third kappa shape index (κ3) is 2.74. The Morgan fingerprint density at radius 1 is 1.10 bits per heavy atom. The van der Waals surface area contributed by atoms with Crippen molar-refractivity contribution in [1.29, 1.82) is 0 Å². The summed E-state index contributed by atoms with van der Waals surface area (Å²) in [6, 6.07) is 10.9. The summed E-state index contributed by atoms with van der Waals surface area (Å²) in [6.07, 6.45) is -0.821. The molecule has 3 nitrogen and oxygen atoms in total. The summed E-state index contributed by atoms with van der Waals surface area (Å²) in [6.45, 7) is 1.92. The highest BCUT2D eigenvalue weighted by atomic mass is 35.5. The van der Waals surface area contributed by atoms with Gasteiger partial charge >= 0.3 is 0 Å². The Labute approximate surface area is 123 Å². The SMILES string of the molecule is COc1cccc(C(O)c2ccc(C)c(Cl)c2)c1OC. The van der Waals surface area contributed by atoms with Gasteiger partial charge in [-0.2, -0.15) is 0 Å². The van der Waals surface area contributed by atoms with Crippen molar-refractivity contribution in [2.24, 2.45) is 0 Å². The first kappa shape index (κ1) is 14.7. The molecule has 2 rings (SSSR count). The van der Waals surface area contributed by atoms with Crippen molar-refractivity contribution in [3.63, 3.8) is 0 Å². The molecule has 0 saturated carbocycles. The summed E-state index contributed by atoms with van der Waals surface area (Å²) in [5.74, 6) is 1.11. The van der Waals surface area contributed by atoms with E-state index in [2.05, 4.69) is 0 Å². The molecule has 0 fully saturated rings. The quantitative estimate of drug-likeness (QED) is 0.933. The van der Waals surface area contributed by atoms with Crippen molar-refractivity contribution in [2.75, 3.05) is 14.2 Å². The molecule has 0 aliphatic heterocycles. The van der Waals surface area contributed by atoms with Gasteiger partial charge < -0.3 is 14.6 Å². The molecule has 20 heavy (non-hydrogen) atoms. The zero-order chi connectivity index (χ0) is 14.7. The van der Waals surface area contributed by atoms with Gasteiger partial charge in [0.15, 0.2) is 11.5 Å². The van der Waals surface area contributed by atoms with E-state index in [-0.39, 0.29) is 0 Å². The molecule has 1 N–H and O–H groups in total. The van der Waals surface area contributed by atoms with E-state index in [0.29, 0.717) is 27.6 Å². The van der Waals surface area contributed by atoms with Crippen molar-refractivity contribution in [1.82, 2.24) is 0 Å². The second-order valence-corrected chi connectivity index (χ2v) is 4.90. The number of methoxy groups -OCH3 is 2. The molecule has 106 valence electrons. The first-order valence-corrected chi connectivity index (χ1v) is 6.61. The van der Waals surface area contributed by atoms with Crippen LogP contribution in [0.4, 0.5) is 0 Å². The van der Waals surface area contributed by atoms with E-state index in [1.807, 2.05) is 25.1 Å². The third-order valence-corrected chi connectivity index (χ3v) is 3.65. The lowest BCUT2D eigenvalue weighted by Crippen LogP contribution is -2.04. The van der Waals surface area contributed by atoms with Crippen LogP contribution < -0.4 is 9.47 Å². The Morgan fingerprint density at radius 2 is 1.85 bits per heavy atom. The number of hydrogen-bond donors (Lipinski definition) is 1. The fraction of sp³-hybridized carbons (Fsp3) is 0.250. The number of hydrogen-bond acceptors (Lipinski definition) is 3. The van der Waals surface area contributed by atoms with Gasteiger partial charge in [-0.05, 0) is 30.2 Å². The van der Waals surface area contributed by atoms with E-state index < -0.39 is 6.10 Å². The Balaban J connectivity index is 2.47. The van der Waals surface area contributed by atoms with Gasteiger partial charge in [0.1, 0.15) is 6.10 Å². The highest BCUT2D eigenvalue weighted by molar-refractivity contribution is 6.31. The van der Waals surface area contributed by atoms with Crippen LogP contribution in [0.15, 0.2) is 36.4 Å². The van der Waals surface area contributed by atoms with E-state index in [0.717, 1.165) is 5.56 Å². The number of aliphatic hydroxyl groups excluding tert-OH is 1. The van der Waals surface area contributed by atoms with Crippen LogP contribution in [0.3, 0.4) is 0 Å². The molecular formula is C16H17ClO3. The standard InChI is InChI=1S/C16H17ClO3/c1-10-7-8-11(9-13(10)17)15(18)12-5-4-6-14(19-2)16(12)20-3/h4-9,15,18H,1-3H3. The predicted octanol–water partition coefficient (Wildman–Crippen LogP) is 3.75. The van der Waals surface area contributed by atoms with E-state index >= 15 is 0 Å². The average molecular weight is 293 g/mol. The topological polar surface area (TPSA) is 38.7 Å². The number of ether oxygens (including phenoxy) is 2. The first-order valence-electron chi connectivity index (χ1n) is 6.23. The molecule has 0 bridgehead atoms. The number of benzene rings is 2. The van der Waals surface area contributed by atoms with Gasteiger partial charge in [-0.1, -0.05) is 35.9 Å². The maximum atomic E-state index is 10.5. The van der Waals surface area contributed by atoms with E-state index in [4.69, 9.17) is 21.1 Å². The maximum Gasteiger partial charge on any atom is 0.166 e. The lowest BCUT2D eigenvalue weighted by atomic mass is 9.99. The van der Waals surface area contributed by atoms with Crippen LogP contribution >= 0.6 is 11.6 Å². The summed E-state index contributed by atoms with van der Waals surface area (Å²) in [5, 5.41) is 11.2. The molecule has 0 aliphatic carbocycles. The summed E-state index contributed by atoms with van der Waals surface area (Å²) < 4.78 is 10.6. The fourth-order valence-electron chi connectivity index (χ4n) is 2.09. The Morgan fingerprint density at radius 3 is 2.45 bits per heavy atom. The van der Waals surface area contributed by atoms with Crippen molar-refractivity contribution in [3.8, 4) is 11.5 Å². The van der Waals surface area contributed by atoms with Gasteiger partial charge in [0, 0.05) is 10.6 Å². The second-order valence-electron chi connectivity index (χ2n) is 4.49. The van der Waals surface area contributed by atoms with E-state index in [9.17, 15) is 5.11 Å². The highest BCUT2D eigenvalue weighted by Gasteiger charge is 2.19. The van der Waals surface area contributed by atoms with Crippen molar-refractivity contribution in [2.45, 2.75) is 13.0 Å². The molecule has 0 saturated heterocycles. The predicted molar refractivity (Wildman–Crippen MR) is 79.8 cm³/mol. The summed E-state index contributed by atoms with van der Waals surface area (Å²) in [5.41, 5.74) is 2.33. The zero-order valence-corrected chi connectivity index (χ0v) is 12.4. The average Bonchev–Trinajstić information content (AvgIpc) is 2.48. The summed E-state index contributed by atoms with van der Waals surface area (Å²) in [7, 11) is 3.12.